The summed E-state index contributed by atoms with van der Waals surface area (Å²) in [5, 5.41) is 2.74. The molecule has 2 amide bonds. The summed E-state index contributed by atoms with van der Waals surface area (Å²) in [4.78, 5) is 25.5. The minimum atomic E-state index is -0.282. The molecule has 0 saturated carbocycles. The van der Waals surface area contributed by atoms with Gasteiger partial charge in [-0.05, 0) is 42.2 Å². The van der Waals surface area contributed by atoms with Crippen LogP contribution in [0.2, 0.25) is 0 Å². The molecule has 0 heterocycles. The minimum Gasteiger partial charge on any atom is -0.497 e. The van der Waals surface area contributed by atoms with E-state index in [0.29, 0.717) is 31.5 Å². The summed E-state index contributed by atoms with van der Waals surface area (Å²) < 4.78 is 18.8. The number of methoxy groups -OCH3 is 1. The number of rotatable bonds is 9. The topological polar surface area (TPSA) is 58.6 Å². The van der Waals surface area contributed by atoms with Gasteiger partial charge in [0.25, 0.3) is 0 Å². The van der Waals surface area contributed by atoms with Crippen LogP contribution in [0, 0.1) is 5.82 Å². The molecular formula is C21H25FN2O3. The molecule has 6 heteroatoms. The molecule has 2 rings (SSSR count). The molecule has 5 nitrogen and oxygen atoms in total. The number of amides is 2. The van der Waals surface area contributed by atoms with Crippen LogP contribution in [0.1, 0.15) is 18.1 Å². The predicted octanol–water partition coefficient (Wildman–Crippen LogP) is 2.58. The van der Waals surface area contributed by atoms with Crippen molar-refractivity contribution in [3.8, 4) is 5.75 Å². The quantitative estimate of drug-likeness (QED) is 0.736. The van der Waals surface area contributed by atoms with Gasteiger partial charge in [-0.1, -0.05) is 30.3 Å². The Hall–Kier alpha value is -2.89. The fourth-order valence-corrected chi connectivity index (χ4v) is 2.71. The van der Waals surface area contributed by atoms with Crippen LogP contribution in [-0.4, -0.2) is 43.5 Å². The van der Waals surface area contributed by atoms with Crippen molar-refractivity contribution < 1.29 is 18.7 Å². The number of nitrogens with one attached hydrogen (secondary N) is 1. The predicted molar refractivity (Wildman–Crippen MR) is 102 cm³/mol. The molecule has 0 radical (unpaired) electrons. The van der Waals surface area contributed by atoms with Gasteiger partial charge in [0.1, 0.15) is 11.6 Å². The van der Waals surface area contributed by atoms with Crippen molar-refractivity contribution in [2.75, 3.05) is 26.7 Å². The lowest BCUT2D eigenvalue weighted by molar-refractivity contribution is -0.134. The third-order valence-corrected chi connectivity index (χ3v) is 4.26. The average molecular weight is 372 g/mol. The lowest BCUT2D eigenvalue weighted by Crippen LogP contribution is -2.41. The number of hydrogen-bond acceptors (Lipinski definition) is 3. The van der Waals surface area contributed by atoms with Gasteiger partial charge in [0.15, 0.2) is 0 Å². The van der Waals surface area contributed by atoms with Gasteiger partial charge in [-0.2, -0.15) is 0 Å². The van der Waals surface area contributed by atoms with E-state index in [1.807, 2.05) is 24.3 Å². The largest absolute Gasteiger partial charge is 0.497 e. The summed E-state index contributed by atoms with van der Waals surface area (Å²) in [6.07, 6.45) is 1.03. The van der Waals surface area contributed by atoms with E-state index in [4.69, 9.17) is 4.74 Å². The van der Waals surface area contributed by atoms with Crippen LogP contribution in [0.25, 0.3) is 0 Å². The molecule has 0 aliphatic rings. The normalized spacial score (nSPS) is 10.3. The Balaban J connectivity index is 1.81. The van der Waals surface area contributed by atoms with Crippen molar-refractivity contribution >= 4 is 11.8 Å². The maximum absolute atomic E-state index is 13.6. The smallest absolute Gasteiger partial charge is 0.239 e. The number of nitrogens with zero attached hydrogens (tertiary/aromatic N) is 1. The molecule has 0 fully saturated rings. The maximum Gasteiger partial charge on any atom is 0.239 e. The Morgan fingerprint density at radius 1 is 1.11 bits per heavy atom. The molecule has 2 aromatic carbocycles. The van der Waals surface area contributed by atoms with Gasteiger partial charge < -0.3 is 15.0 Å². The molecule has 27 heavy (non-hydrogen) atoms. The second-order valence-electron chi connectivity index (χ2n) is 6.23. The summed E-state index contributed by atoms with van der Waals surface area (Å²) >= 11 is 0. The van der Waals surface area contributed by atoms with Crippen LogP contribution in [-0.2, 0) is 22.4 Å². The number of carbonyl (C=O) groups is 2. The van der Waals surface area contributed by atoms with E-state index in [9.17, 15) is 14.0 Å². The molecule has 0 aliphatic carbocycles. The molecule has 2 aromatic rings. The Labute approximate surface area is 159 Å². The van der Waals surface area contributed by atoms with E-state index < -0.39 is 0 Å². The van der Waals surface area contributed by atoms with Crippen LogP contribution in [0.15, 0.2) is 48.5 Å². The zero-order valence-electron chi connectivity index (χ0n) is 15.7. The SMILES string of the molecule is COc1cccc(CCN(CC(=O)NCCc2ccccc2F)C(C)=O)c1. The zero-order valence-corrected chi connectivity index (χ0v) is 15.7. The van der Waals surface area contributed by atoms with Crippen molar-refractivity contribution in [2.45, 2.75) is 19.8 Å². The number of carbonyl (C=O) groups excluding carboxylic acids is 2. The van der Waals surface area contributed by atoms with Crippen LogP contribution in [0.4, 0.5) is 4.39 Å². The van der Waals surface area contributed by atoms with Gasteiger partial charge in [0.2, 0.25) is 11.8 Å². The summed E-state index contributed by atoms with van der Waals surface area (Å²) in [7, 11) is 1.60. The molecule has 0 saturated heterocycles. The highest BCUT2D eigenvalue weighted by Gasteiger charge is 2.13. The highest BCUT2D eigenvalue weighted by Crippen LogP contribution is 2.13. The van der Waals surface area contributed by atoms with Crippen LogP contribution in [0.3, 0.4) is 0 Å². The number of ether oxygens (including phenoxy) is 1. The van der Waals surface area contributed by atoms with Gasteiger partial charge in [-0.15, -0.1) is 0 Å². The van der Waals surface area contributed by atoms with Crippen molar-refractivity contribution in [2.24, 2.45) is 0 Å². The molecule has 0 unspecified atom stereocenters. The van der Waals surface area contributed by atoms with Crippen LogP contribution >= 0.6 is 0 Å². The summed E-state index contributed by atoms with van der Waals surface area (Å²) in [5.74, 6) is 0.0532. The van der Waals surface area contributed by atoms with E-state index in [-0.39, 0.29) is 24.2 Å². The molecule has 0 spiro atoms. The monoisotopic (exact) mass is 372 g/mol. The van der Waals surface area contributed by atoms with Gasteiger partial charge in [0.05, 0.1) is 13.7 Å². The molecule has 0 aliphatic heterocycles. The van der Waals surface area contributed by atoms with E-state index in [2.05, 4.69) is 5.32 Å². The first kappa shape index (κ1) is 20.4. The van der Waals surface area contributed by atoms with Gasteiger partial charge in [0, 0.05) is 20.0 Å². The van der Waals surface area contributed by atoms with Crippen molar-refractivity contribution in [3.63, 3.8) is 0 Å². The number of halogens is 1. The Morgan fingerprint density at radius 2 is 1.89 bits per heavy atom. The molecule has 0 aromatic heterocycles. The summed E-state index contributed by atoms with van der Waals surface area (Å²) in [6.45, 7) is 2.18. The molecule has 0 atom stereocenters. The highest BCUT2D eigenvalue weighted by atomic mass is 19.1. The van der Waals surface area contributed by atoms with E-state index in [1.165, 1.54) is 17.9 Å². The standard InChI is InChI=1S/C21H25FN2O3/c1-16(25)24(13-11-17-6-5-8-19(14-17)27-2)15-21(26)23-12-10-18-7-3-4-9-20(18)22/h3-9,14H,10-13,15H2,1-2H3,(H,23,26). The van der Waals surface area contributed by atoms with E-state index in [1.54, 1.807) is 25.3 Å². The number of benzene rings is 2. The fraction of sp³-hybridized carbons (Fsp3) is 0.333. The average Bonchev–Trinajstić information content (AvgIpc) is 2.66. The third kappa shape index (κ3) is 6.73. The third-order valence-electron chi connectivity index (χ3n) is 4.26. The van der Waals surface area contributed by atoms with Gasteiger partial charge in [-0.3, -0.25) is 9.59 Å². The van der Waals surface area contributed by atoms with Crippen LogP contribution < -0.4 is 10.1 Å². The molecule has 144 valence electrons. The molecule has 0 bridgehead atoms. The van der Waals surface area contributed by atoms with E-state index >= 15 is 0 Å². The maximum atomic E-state index is 13.6. The van der Waals surface area contributed by atoms with Crippen LogP contribution in [0.5, 0.6) is 5.75 Å². The summed E-state index contributed by atoms with van der Waals surface area (Å²) in [6, 6.07) is 14.1. The summed E-state index contributed by atoms with van der Waals surface area (Å²) in [5.41, 5.74) is 1.58. The number of hydrogen-bond donors (Lipinski definition) is 1. The minimum absolute atomic E-state index is 0.0173. The Bertz CT molecular complexity index is 780. The first-order chi connectivity index (χ1) is 13.0. The zero-order chi connectivity index (χ0) is 19.6. The highest BCUT2D eigenvalue weighted by molar-refractivity contribution is 5.83. The first-order valence-corrected chi connectivity index (χ1v) is 8.88. The lowest BCUT2D eigenvalue weighted by Gasteiger charge is -2.20. The Morgan fingerprint density at radius 3 is 2.59 bits per heavy atom. The van der Waals surface area contributed by atoms with Crippen molar-refractivity contribution in [1.29, 1.82) is 0 Å². The lowest BCUT2D eigenvalue weighted by atomic mass is 10.1. The second-order valence-corrected chi connectivity index (χ2v) is 6.23. The van der Waals surface area contributed by atoms with Gasteiger partial charge >= 0.3 is 0 Å². The molecular weight excluding hydrogens is 347 g/mol. The second kappa shape index (κ2) is 10.3. The fourth-order valence-electron chi connectivity index (χ4n) is 2.71. The molecule has 1 N–H and O–H groups in total. The first-order valence-electron chi connectivity index (χ1n) is 8.88. The van der Waals surface area contributed by atoms with E-state index in [0.717, 1.165) is 11.3 Å². The van der Waals surface area contributed by atoms with Crippen molar-refractivity contribution in [3.05, 3.63) is 65.5 Å². The Kier molecular flexibility index (Phi) is 7.79. The van der Waals surface area contributed by atoms with Gasteiger partial charge in [-0.25, -0.2) is 4.39 Å². The van der Waals surface area contributed by atoms with Crippen molar-refractivity contribution in [1.82, 2.24) is 10.2 Å².